The van der Waals surface area contributed by atoms with Crippen molar-refractivity contribution in [3.8, 4) is 5.88 Å². The molecule has 0 saturated carbocycles. The molecule has 160 valence electrons. The molecule has 1 aromatic heterocycles. The molecule has 6 heteroatoms. The van der Waals surface area contributed by atoms with Crippen molar-refractivity contribution in [3.05, 3.63) is 89.7 Å². The largest absolute Gasteiger partial charge is 0.474 e. The van der Waals surface area contributed by atoms with Gasteiger partial charge in [0.25, 0.3) is 5.91 Å². The van der Waals surface area contributed by atoms with Crippen molar-refractivity contribution in [3.63, 3.8) is 0 Å². The molecule has 2 aromatic carbocycles. The van der Waals surface area contributed by atoms with Crippen molar-refractivity contribution in [1.29, 1.82) is 0 Å². The lowest BCUT2D eigenvalue weighted by Crippen LogP contribution is -2.44. The van der Waals surface area contributed by atoms with Gasteiger partial charge in [0.2, 0.25) is 5.88 Å². The van der Waals surface area contributed by atoms with Gasteiger partial charge in [-0.25, -0.2) is 4.39 Å². The van der Waals surface area contributed by atoms with Gasteiger partial charge in [0, 0.05) is 37.2 Å². The van der Waals surface area contributed by atoms with Crippen molar-refractivity contribution < 1.29 is 13.9 Å². The van der Waals surface area contributed by atoms with Crippen LogP contribution in [0.2, 0.25) is 0 Å². The number of likely N-dealkylation sites (tertiary alicyclic amines) is 1. The standard InChI is InChI=1S/C25H26FN3O2/c1-18-16-29(17-19-6-3-2-4-7-19)15-14-22(18)31-24-9-5-8-23(27-24)28-25(30)20-10-12-21(26)13-11-20/h2-13,18,22H,14-17H2,1H3,(H,27,28,30)/t18-,22-/m0/s1. The van der Waals surface area contributed by atoms with Crippen LogP contribution in [0.3, 0.4) is 0 Å². The van der Waals surface area contributed by atoms with E-state index in [-0.39, 0.29) is 17.8 Å². The Labute approximate surface area is 181 Å². The minimum atomic E-state index is -0.381. The molecule has 3 aromatic rings. The summed E-state index contributed by atoms with van der Waals surface area (Å²) in [4.78, 5) is 19.2. The van der Waals surface area contributed by atoms with Crippen LogP contribution in [0, 0.1) is 11.7 Å². The SMILES string of the molecule is C[C@H]1CN(Cc2ccccc2)CC[C@@H]1Oc1cccc(NC(=O)c2ccc(F)cc2)n1. The maximum atomic E-state index is 13.1. The van der Waals surface area contributed by atoms with Crippen LogP contribution in [0.1, 0.15) is 29.3 Å². The summed E-state index contributed by atoms with van der Waals surface area (Å²) in [6.07, 6.45) is 0.990. The Morgan fingerprint density at radius 3 is 2.61 bits per heavy atom. The van der Waals surface area contributed by atoms with Gasteiger partial charge in [-0.1, -0.05) is 43.3 Å². The summed E-state index contributed by atoms with van der Waals surface area (Å²) in [5, 5.41) is 2.74. The Kier molecular flexibility index (Phi) is 6.57. The quantitative estimate of drug-likeness (QED) is 0.626. The number of hydrogen-bond acceptors (Lipinski definition) is 4. The fourth-order valence-corrected chi connectivity index (χ4v) is 3.87. The van der Waals surface area contributed by atoms with E-state index < -0.39 is 0 Å². The van der Waals surface area contributed by atoms with Crippen LogP contribution in [-0.2, 0) is 6.54 Å². The Hall–Kier alpha value is -3.25. The molecule has 2 heterocycles. The van der Waals surface area contributed by atoms with E-state index in [9.17, 15) is 9.18 Å². The second-order valence-corrected chi connectivity index (χ2v) is 7.97. The van der Waals surface area contributed by atoms with Crippen molar-refractivity contribution in [2.75, 3.05) is 18.4 Å². The first-order valence-corrected chi connectivity index (χ1v) is 10.5. The Bertz CT molecular complexity index is 1010. The third kappa shape index (κ3) is 5.67. The Morgan fingerprint density at radius 1 is 1.10 bits per heavy atom. The highest BCUT2D eigenvalue weighted by Gasteiger charge is 2.28. The molecular weight excluding hydrogens is 393 g/mol. The molecule has 1 N–H and O–H groups in total. The normalized spacial score (nSPS) is 19.0. The average Bonchev–Trinajstić information content (AvgIpc) is 2.77. The van der Waals surface area contributed by atoms with E-state index in [1.54, 1.807) is 18.2 Å². The molecule has 4 rings (SSSR count). The number of halogens is 1. The smallest absolute Gasteiger partial charge is 0.256 e. The Morgan fingerprint density at radius 2 is 1.87 bits per heavy atom. The first-order chi connectivity index (χ1) is 15.1. The average molecular weight is 420 g/mol. The zero-order chi connectivity index (χ0) is 21.6. The van der Waals surface area contributed by atoms with E-state index in [2.05, 4.69) is 46.4 Å². The lowest BCUT2D eigenvalue weighted by molar-refractivity contribution is 0.0462. The van der Waals surface area contributed by atoms with E-state index in [4.69, 9.17) is 4.74 Å². The summed E-state index contributed by atoms with van der Waals surface area (Å²) in [6.45, 7) is 5.06. The van der Waals surface area contributed by atoms with Gasteiger partial charge in [-0.2, -0.15) is 4.98 Å². The topological polar surface area (TPSA) is 54.5 Å². The molecule has 1 aliphatic heterocycles. The van der Waals surface area contributed by atoms with E-state index in [1.165, 1.54) is 29.8 Å². The summed E-state index contributed by atoms with van der Waals surface area (Å²) in [7, 11) is 0. The molecule has 0 bridgehead atoms. The molecule has 0 aliphatic carbocycles. The number of nitrogens with zero attached hydrogens (tertiary/aromatic N) is 2. The molecule has 1 aliphatic rings. The third-order valence-corrected chi connectivity index (χ3v) is 5.50. The number of amides is 1. The number of rotatable bonds is 6. The van der Waals surface area contributed by atoms with Crippen LogP contribution in [0.25, 0.3) is 0 Å². The number of anilines is 1. The van der Waals surface area contributed by atoms with Gasteiger partial charge in [-0.3, -0.25) is 9.69 Å². The summed E-state index contributed by atoms with van der Waals surface area (Å²) in [5.74, 6) is 0.532. The van der Waals surface area contributed by atoms with Crippen LogP contribution in [0.15, 0.2) is 72.8 Å². The van der Waals surface area contributed by atoms with Crippen LogP contribution < -0.4 is 10.1 Å². The number of carbonyl (C=O) groups is 1. The minimum absolute atomic E-state index is 0.0718. The van der Waals surface area contributed by atoms with Gasteiger partial charge in [-0.15, -0.1) is 0 Å². The first-order valence-electron chi connectivity index (χ1n) is 10.5. The Balaban J connectivity index is 1.33. The van der Waals surface area contributed by atoms with Gasteiger partial charge < -0.3 is 10.1 Å². The number of ether oxygens (including phenoxy) is 1. The van der Waals surface area contributed by atoms with Crippen molar-refractivity contribution in [1.82, 2.24) is 9.88 Å². The maximum absolute atomic E-state index is 13.1. The maximum Gasteiger partial charge on any atom is 0.256 e. The third-order valence-electron chi connectivity index (χ3n) is 5.50. The van der Waals surface area contributed by atoms with E-state index >= 15 is 0 Å². The van der Waals surface area contributed by atoms with Gasteiger partial charge >= 0.3 is 0 Å². The molecule has 0 radical (unpaired) electrons. The fourth-order valence-electron chi connectivity index (χ4n) is 3.87. The molecule has 1 saturated heterocycles. The number of carbonyl (C=O) groups excluding carboxylic acids is 1. The van der Waals surface area contributed by atoms with Gasteiger partial charge in [-0.05, 0) is 42.3 Å². The highest BCUT2D eigenvalue weighted by molar-refractivity contribution is 6.03. The second-order valence-electron chi connectivity index (χ2n) is 7.97. The second kappa shape index (κ2) is 9.71. The minimum Gasteiger partial charge on any atom is -0.474 e. The zero-order valence-electron chi connectivity index (χ0n) is 17.5. The van der Waals surface area contributed by atoms with E-state index in [1.807, 2.05) is 6.07 Å². The highest BCUT2D eigenvalue weighted by Crippen LogP contribution is 2.24. The number of hydrogen-bond donors (Lipinski definition) is 1. The summed E-state index contributed by atoms with van der Waals surface area (Å²) in [5.41, 5.74) is 1.69. The van der Waals surface area contributed by atoms with Gasteiger partial charge in [0.15, 0.2) is 0 Å². The number of nitrogens with one attached hydrogen (secondary N) is 1. The van der Waals surface area contributed by atoms with E-state index in [0.717, 1.165) is 26.1 Å². The number of aromatic nitrogens is 1. The predicted molar refractivity (Wildman–Crippen MR) is 119 cm³/mol. The molecule has 1 fully saturated rings. The molecule has 0 spiro atoms. The fraction of sp³-hybridized carbons (Fsp3) is 0.280. The van der Waals surface area contributed by atoms with E-state index in [0.29, 0.717) is 23.2 Å². The lowest BCUT2D eigenvalue weighted by Gasteiger charge is -2.36. The highest BCUT2D eigenvalue weighted by atomic mass is 19.1. The number of pyridine rings is 1. The summed E-state index contributed by atoms with van der Waals surface area (Å²) >= 11 is 0. The lowest BCUT2D eigenvalue weighted by atomic mass is 9.96. The van der Waals surface area contributed by atoms with Crippen molar-refractivity contribution in [2.45, 2.75) is 26.0 Å². The zero-order valence-corrected chi connectivity index (χ0v) is 17.5. The summed E-state index contributed by atoms with van der Waals surface area (Å²) < 4.78 is 19.2. The molecule has 31 heavy (non-hydrogen) atoms. The molecular formula is C25H26FN3O2. The van der Waals surface area contributed by atoms with Crippen molar-refractivity contribution in [2.24, 2.45) is 5.92 Å². The predicted octanol–water partition coefficient (Wildman–Crippen LogP) is 4.76. The van der Waals surface area contributed by atoms with Crippen LogP contribution in [0.4, 0.5) is 10.2 Å². The summed E-state index contributed by atoms with van der Waals surface area (Å²) in [6, 6.07) is 21.2. The van der Waals surface area contributed by atoms with Gasteiger partial charge in [0.1, 0.15) is 17.7 Å². The van der Waals surface area contributed by atoms with Gasteiger partial charge in [0.05, 0.1) is 0 Å². The molecule has 5 nitrogen and oxygen atoms in total. The van der Waals surface area contributed by atoms with Crippen molar-refractivity contribution >= 4 is 11.7 Å². The van der Waals surface area contributed by atoms with Crippen LogP contribution in [-0.4, -0.2) is 35.0 Å². The molecule has 2 atom stereocenters. The number of benzene rings is 2. The number of piperidine rings is 1. The van der Waals surface area contributed by atoms with Crippen LogP contribution in [0.5, 0.6) is 5.88 Å². The van der Waals surface area contributed by atoms with Crippen LogP contribution >= 0.6 is 0 Å². The molecule has 0 unspecified atom stereocenters. The first kappa shape index (κ1) is 21.0. The molecule has 1 amide bonds. The monoisotopic (exact) mass is 419 g/mol.